The van der Waals surface area contributed by atoms with Gasteiger partial charge in [0.25, 0.3) is 5.56 Å². The molecule has 1 atom stereocenters. The molecule has 0 spiro atoms. The number of carbonyl (C=O) groups excluding carboxylic acids is 1. The van der Waals surface area contributed by atoms with E-state index in [4.69, 9.17) is 9.47 Å². The molecular weight excluding hydrogens is 398 g/mol. The number of benzene rings is 2. The normalized spacial score (nSPS) is 19.1. The average molecular weight is 421 g/mol. The van der Waals surface area contributed by atoms with Crippen molar-refractivity contribution in [2.75, 3.05) is 49.3 Å². The molecule has 2 aliphatic heterocycles. The summed E-state index contributed by atoms with van der Waals surface area (Å²) in [6.07, 6.45) is -1.08. The number of hydrogen-bond acceptors (Lipinski definition) is 6. The maximum Gasteiger partial charge on any atom is 0.414 e. The molecule has 0 bridgehead atoms. The highest BCUT2D eigenvalue weighted by Gasteiger charge is 2.32. The van der Waals surface area contributed by atoms with Crippen molar-refractivity contribution in [2.45, 2.75) is 6.10 Å². The number of aromatic amines is 1. The van der Waals surface area contributed by atoms with Crippen LogP contribution in [0.2, 0.25) is 0 Å². The van der Waals surface area contributed by atoms with Gasteiger partial charge < -0.3 is 24.5 Å². The summed E-state index contributed by atoms with van der Waals surface area (Å²) in [5.74, 6) is 0. The smallest absolute Gasteiger partial charge is 0.414 e. The first-order chi connectivity index (χ1) is 15.1. The predicted octanol–water partition coefficient (Wildman–Crippen LogP) is 2.35. The van der Waals surface area contributed by atoms with E-state index in [1.807, 2.05) is 30.3 Å². The lowest BCUT2D eigenvalue weighted by Gasteiger charge is -2.30. The Bertz CT molecular complexity index is 1190. The number of ether oxygens (including phenoxy) is 2. The number of nitrogens with zero attached hydrogens (tertiary/aromatic N) is 2. The molecule has 2 aromatic carbocycles. The second-order valence-corrected chi connectivity index (χ2v) is 7.70. The number of cyclic esters (lactones) is 1. The molecule has 0 radical (unpaired) electrons. The Morgan fingerprint density at radius 3 is 2.65 bits per heavy atom. The van der Waals surface area contributed by atoms with E-state index in [0.717, 1.165) is 35.4 Å². The molecule has 8 nitrogen and oxygen atoms in total. The minimum Gasteiger partial charge on any atom is -0.441 e. The maximum atomic E-state index is 13.0. The lowest BCUT2D eigenvalue weighted by atomic mass is 10.0. The SMILES string of the molecule is O=C1O[C@@H](CO)CN1c1ccc2cc(-c3ccccc3N3CCOCC3)[nH]c(=O)c2c1. The zero-order chi connectivity index (χ0) is 21.4. The number of nitrogens with one attached hydrogen (secondary N) is 1. The number of para-hydroxylation sites is 1. The molecule has 2 fully saturated rings. The average Bonchev–Trinajstić information content (AvgIpc) is 3.20. The van der Waals surface area contributed by atoms with Gasteiger partial charge in [0.05, 0.1) is 32.1 Å². The number of aromatic nitrogens is 1. The van der Waals surface area contributed by atoms with Gasteiger partial charge in [-0.1, -0.05) is 24.3 Å². The Balaban J connectivity index is 1.53. The Kier molecular flexibility index (Phi) is 5.09. The second-order valence-electron chi connectivity index (χ2n) is 7.70. The van der Waals surface area contributed by atoms with Crippen LogP contribution in [0.1, 0.15) is 0 Å². The Labute approximate surface area is 178 Å². The van der Waals surface area contributed by atoms with Crippen LogP contribution in [0.5, 0.6) is 0 Å². The summed E-state index contributed by atoms with van der Waals surface area (Å²) >= 11 is 0. The molecule has 2 aliphatic rings. The number of carbonyl (C=O) groups is 1. The van der Waals surface area contributed by atoms with Crippen molar-refractivity contribution in [2.24, 2.45) is 0 Å². The molecule has 0 aliphatic carbocycles. The van der Waals surface area contributed by atoms with Gasteiger partial charge in [-0.3, -0.25) is 9.69 Å². The summed E-state index contributed by atoms with van der Waals surface area (Å²) in [4.78, 5) is 31.8. The highest BCUT2D eigenvalue weighted by Crippen LogP contribution is 2.32. The van der Waals surface area contributed by atoms with Crippen LogP contribution >= 0.6 is 0 Å². The summed E-state index contributed by atoms with van der Waals surface area (Å²) in [5.41, 5.74) is 3.11. The minimum absolute atomic E-state index is 0.225. The number of H-pyrrole nitrogens is 1. The van der Waals surface area contributed by atoms with E-state index in [-0.39, 0.29) is 18.7 Å². The van der Waals surface area contributed by atoms with Gasteiger partial charge in [-0.2, -0.15) is 0 Å². The number of hydrogen-bond donors (Lipinski definition) is 2. The standard InChI is InChI=1S/C23H23N3O5/c27-14-17-13-26(23(29)31-17)16-6-5-15-11-20(24-22(28)19(15)12-16)18-3-1-2-4-21(18)25-7-9-30-10-8-25/h1-6,11-12,17,27H,7-10,13-14H2,(H,24,28)/t17-/m1/s1. The molecule has 2 N–H and O–H groups in total. The van der Waals surface area contributed by atoms with Crippen LogP contribution in [0, 0.1) is 0 Å². The fourth-order valence-electron chi connectivity index (χ4n) is 4.17. The summed E-state index contributed by atoms with van der Waals surface area (Å²) in [6, 6.07) is 15.3. The molecule has 0 unspecified atom stereocenters. The van der Waals surface area contributed by atoms with Crippen LogP contribution in [0.3, 0.4) is 0 Å². The highest BCUT2D eigenvalue weighted by molar-refractivity contribution is 5.95. The molecule has 160 valence electrons. The largest absolute Gasteiger partial charge is 0.441 e. The topological polar surface area (TPSA) is 95.1 Å². The van der Waals surface area contributed by atoms with Gasteiger partial charge in [0, 0.05) is 35.4 Å². The third-order valence-electron chi connectivity index (χ3n) is 5.76. The van der Waals surface area contributed by atoms with Gasteiger partial charge in [-0.25, -0.2) is 4.79 Å². The van der Waals surface area contributed by atoms with E-state index in [2.05, 4.69) is 16.0 Å². The quantitative estimate of drug-likeness (QED) is 0.672. The van der Waals surface area contributed by atoms with Crippen molar-refractivity contribution in [1.82, 2.24) is 4.98 Å². The number of amides is 1. The third-order valence-corrected chi connectivity index (χ3v) is 5.76. The summed E-state index contributed by atoms with van der Waals surface area (Å²) in [7, 11) is 0. The van der Waals surface area contributed by atoms with Crippen molar-refractivity contribution < 1.29 is 19.4 Å². The van der Waals surface area contributed by atoms with Gasteiger partial charge in [0.2, 0.25) is 0 Å². The van der Waals surface area contributed by atoms with E-state index >= 15 is 0 Å². The fourth-order valence-corrected chi connectivity index (χ4v) is 4.17. The first-order valence-electron chi connectivity index (χ1n) is 10.3. The molecule has 2 saturated heterocycles. The van der Waals surface area contributed by atoms with Gasteiger partial charge in [-0.05, 0) is 29.7 Å². The molecule has 8 heteroatoms. The van der Waals surface area contributed by atoms with Crippen LogP contribution in [0.4, 0.5) is 16.2 Å². The molecular formula is C23H23N3O5. The zero-order valence-corrected chi connectivity index (χ0v) is 16.9. The number of morpholine rings is 1. The molecule has 0 saturated carbocycles. The van der Waals surface area contributed by atoms with Gasteiger partial charge in [0.15, 0.2) is 0 Å². The molecule has 3 heterocycles. The fraction of sp³-hybridized carbons (Fsp3) is 0.304. The zero-order valence-electron chi connectivity index (χ0n) is 16.9. The third kappa shape index (κ3) is 3.64. The van der Waals surface area contributed by atoms with Crippen molar-refractivity contribution in [1.29, 1.82) is 0 Å². The van der Waals surface area contributed by atoms with Crippen LogP contribution in [0.15, 0.2) is 53.3 Å². The van der Waals surface area contributed by atoms with Crippen LogP contribution < -0.4 is 15.4 Å². The maximum absolute atomic E-state index is 13.0. The van der Waals surface area contributed by atoms with Gasteiger partial charge in [0.1, 0.15) is 6.10 Å². The first kappa shape index (κ1) is 19.6. The number of aliphatic hydroxyl groups is 1. The van der Waals surface area contributed by atoms with Crippen LogP contribution in [-0.2, 0) is 9.47 Å². The van der Waals surface area contributed by atoms with Crippen molar-refractivity contribution in [3.63, 3.8) is 0 Å². The van der Waals surface area contributed by atoms with E-state index in [0.29, 0.717) is 24.3 Å². The number of aliphatic hydroxyl groups excluding tert-OH is 1. The molecule has 5 rings (SSSR count). The minimum atomic E-state index is -0.555. The van der Waals surface area contributed by atoms with Gasteiger partial charge >= 0.3 is 6.09 Å². The van der Waals surface area contributed by atoms with Crippen molar-refractivity contribution >= 4 is 28.2 Å². The Morgan fingerprint density at radius 1 is 1.06 bits per heavy atom. The predicted molar refractivity (Wildman–Crippen MR) is 118 cm³/mol. The lowest BCUT2D eigenvalue weighted by molar-refractivity contribution is 0.0963. The Hall–Kier alpha value is -3.36. The van der Waals surface area contributed by atoms with E-state index in [9.17, 15) is 14.7 Å². The highest BCUT2D eigenvalue weighted by atomic mass is 16.6. The number of anilines is 2. The van der Waals surface area contributed by atoms with E-state index < -0.39 is 12.2 Å². The lowest BCUT2D eigenvalue weighted by Crippen LogP contribution is -2.36. The Morgan fingerprint density at radius 2 is 1.87 bits per heavy atom. The molecule has 1 amide bonds. The second kappa shape index (κ2) is 8.05. The number of rotatable bonds is 4. The van der Waals surface area contributed by atoms with Gasteiger partial charge in [-0.15, -0.1) is 0 Å². The summed E-state index contributed by atoms with van der Waals surface area (Å²) in [5, 5.41) is 10.5. The van der Waals surface area contributed by atoms with E-state index in [1.165, 1.54) is 4.90 Å². The van der Waals surface area contributed by atoms with Crippen molar-refractivity contribution in [3.05, 3.63) is 58.9 Å². The van der Waals surface area contributed by atoms with E-state index in [1.54, 1.807) is 12.1 Å². The molecule has 31 heavy (non-hydrogen) atoms. The first-order valence-corrected chi connectivity index (χ1v) is 10.3. The molecule has 3 aromatic rings. The van der Waals surface area contributed by atoms with Crippen molar-refractivity contribution in [3.8, 4) is 11.3 Å². The summed E-state index contributed by atoms with van der Waals surface area (Å²) < 4.78 is 10.6. The van der Waals surface area contributed by atoms with Crippen LogP contribution in [-0.4, -0.2) is 61.7 Å². The molecule has 1 aromatic heterocycles. The van der Waals surface area contributed by atoms with Crippen LogP contribution in [0.25, 0.3) is 22.0 Å². The number of pyridine rings is 1. The number of fused-ring (bicyclic) bond motifs is 1. The summed E-state index contributed by atoms with van der Waals surface area (Å²) in [6.45, 7) is 2.99. The monoisotopic (exact) mass is 421 g/mol.